The highest BCUT2D eigenvalue weighted by Gasteiger charge is 2.30. The molecule has 2 aromatic carbocycles. The number of nitrogens with one attached hydrogen (secondary N) is 2. The Bertz CT molecular complexity index is 901. The van der Waals surface area contributed by atoms with Gasteiger partial charge in [-0.05, 0) is 17.7 Å². The second-order valence-corrected chi connectivity index (χ2v) is 5.86. The number of anilines is 2. The third-order valence-electron chi connectivity index (χ3n) is 4.60. The topological polar surface area (TPSA) is 59.2 Å². The zero-order valence-electron chi connectivity index (χ0n) is 13.9. The van der Waals surface area contributed by atoms with Gasteiger partial charge in [-0.25, -0.2) is 0 Å². The Morgan fingerprint density at radius 2 is 1.92 bits per heavy atom. The smallest absolute Gasteiger partial charge is 0.156 e. The van der Waals surface area contributed by atoms with Gasteiger partial charge in [0.05, 0.1) is 25.6 Å². The van der Waals surface area contributed by atoms with Gasteiger partial charge in [0.25, 0.3) is 0 Å². The minimum absolute atomic E-state index is 0.293. The van der Waals surface area contributed by atoms with E-state index in [0.717, 1.165) is 22.9 Å². The number of nitrogens with zero attached hydrogens (tertiary/aromatic N) is 1. The predicted molar refractivity (Wildman–Crippen MR) is 94.4 cm³/mol. The molecule has 1 atom stereocenters. The Balaban J connectivity index is 1.73. The van der Waals surface area contributed by atoms with Gasteiger partial charge in [0, 0.05) is 23.1 Å². The van der Waals surface area contributed by atoms with E-state index in [0.29, 0.717) is 11.7 Å². The van der Waals surface area contributed by atoms with E-state index in [1.165, 1.54) is 16.7 Å². The minimum Gasteiger partial charge on any atom is -0.497 e. The lowest BCUT2D eigenvalue weighted by Gasteiger charge is -2.13. The maximum atomic E-state index is 5.46. The summed E-state index contributed by atoms with van der Waals surface area (Å²) in [4.78, 5) is 0. The quantitative estimate of drug-likeness (QED) is 0.752. The summed E-state index contributed by atoms with van der Waals surface area (Å²) in [7, 11) is 3.29. The maximum absolute atomic E-state index is 5.46. The number of ether oxygens (including phenoxy) is 2. The average Bonchev–Trinajstić information content (AvgIpc) is 3.16. The number of aromatic nitrogens is 2. The molecule has 0 fully saturated rings. The standard InChI is InChI=1S/C19H19N3O2/c1-11-13-6-4-5-7-14(13)18-17(11)19(22-21-18)20-15-9-8-12(23-2)10-16(15)24-3/h4-11H,1-3H3,(H2,20,21,22). The van der Waals surface area contributed by atoms with Crippen LogP contribution in [0.1, 0.15) is 24.0 Å². The molecule has 0 saturated carbocycles. The van der Waals surface area contributed by atoms with Crippen LogP contribution in [-0.4, -0.2) is 24.4 Å². The number of hydrogen-bond acceptors (Lipinski definition) is 4. The molecular formula is C19H19N3O2. The molecule has 1 heterocycles. The fourth-order valence-electron chi connectivity index (χ4n) is 3.36. The van der Waals surface area contributed by atoms with Crippen LogP contribution < -0.4 is 14.8 Å². The van der Waals surface area contributed by atoms with Crippen LogP contribution in [0.2, 0.25) is 0 Å². The van der Waals surface area contributed by atoms with E-state index in [4.69, 9.17) is 9.47 Å². The van der Waals surface area contributed by atoms with Crippen molar-refractivity contribution in [3.63, 3.8) is 0 Å². The molecule has 1 aliphatic carbocycles. The van der Waals surface area contributed by atoms with Crippen LogP contribution in [0.4, 0.5) is 11.5 Å². The first-order valence-corrected chi connectivity index (χ1v) is 7.89. The van der Waals surface area contributed by atoms with E-state index in [-0.39, 0.29) is 0 Å². The van der Waals surface area contributed by atoms with Gasteiger partial charge in [0.2, 0.25) is 0 Å². The third kappa shape index (κ3) is 2.12. The zero-order valence-corrected chi connectivity index (χ0v) is 13.9. The molecular weight excluding hydrogens is 302 g/mol. The van der Waals surface area contributed by atoms with Gasteiger partial charge < -0.3 is 14.8 Å². The number of benzene rings is 2. The molecule has 4 rings (SSSR count). The Kier molecular flexibility index (Phi) is 3.41. The molecule has 5 nitrogen and oxygen atoms in total. The van der Waals surface area contributed by atoms with Crippen LogP contribution in [0.15, 0.2) is 42.5 Å². The van der Waals surface area contributed by atoms with Crippen LogP contribution in [-0.2, 0) is 0 Å². The van der Waals surface area contributed by atoms with Crippen molar-refractivity contribution < 1.29 is 9.47 Å². The Morgan fingerprint density at radius 3 is 2.71 bits per heavy atom. The summed E-state index contributed by atoms with van der Waals surface area (Å²) in [6.45, 7) is 2.20. The minimum atomic E-state index is 0.293. The highest BCUT2D eigenvalue weighted by atomic mass is 16.5. The van der Waals surface area contributed by atoms with Crippen molar-refractivity contribution in [2.45, 2.75) is 12.8 Å². The van der Waals surface area contributed by atoms with Gasteiger partial charge in [0.1, 0.15) is 11.5 Å². The third-order valence-corrected chi connectivity index (χ3v) is 4.60. The summed E-state index contributed by atoms with van der Waals surface area (Å²) in [5, 5.41) is 11.1. The van der Waals surface area contributed by atoms with Crippen molar-refractivity contribution in [1.82, 2.24) is 10.2 Å². The van der Waals surface area contributed by atoms with E-state index in [1.54, 1.807) is 14.2 Å². The molecule has 24 heavy (non-hydrogen) atoms. The fraction of sp³-hybridized carbons (Fsp3) is 0.211. The van der Waals surface area contributed by atoms with Gasteiger partial charge in [-0.1, -0.05) is 31.2 Å². The lowest BCUT2D eigenvalue weighted by Crippen LogP contribution is -2.00. The summed E-state index contributed by atoms with van der Waals surface area (Å²) in [5.74, 6) is 2.60. The number of fused-ring (bicyclic) bond motifs is 3. The van der Waals surface area contributed by atoms with Crippen molar-refractivity contribution in [3.8, 4) is 22.8 Å². The van der Waals surface area contributed by atoms with Crippen LogP contribution >= 0.6 is 0 Å². The Labute approximate surface area is 140 Å². The van der Waals surface area contributed by atoms with E-state index in [2.05, 4.69) is 46.7 Å². The van der Waals surface area contributed by atoms with E-state index < -0.39 is 0 Å². The maximum Gasteiger partial charge on any atom is 0.156 e. The highest BCUT2D eigenvalue weighted by Crippen LogP contribution is 2.47. The molecule has 5 heteroatoms. The highest BCUT2D eigenvalue weighted by molar-refractivity contribution is 5.82. The molecule has 2 N–H and O–H groups in total. The fourth-order valence-corrected chi connectivity index (χ4v) is 3.36. The Hall–Kier alpha value is -2.95. The van der Waals surface area contributed by atoms with E-state index in [9.17, 15) is 0 Å². The molecule has 1 aromatic heterocycles. The van der Waals surface area contributed by atoms with Crippen molar-refractivity contribution in [3.05, 3.63) is 53.6 Å². The summed E-state index contributed by atoms with van der Waals surface area (Å²) in [5.41, 5.74) is 5.69. The molecule has 1 unspecified atom stereocenters. The molecule has 0 bridgehead atoms. The van der Waals surface area contributed by atoms with Crippen LogP contribution in [0, 0.1) is 0 Å². The first-order valence-electron chi connectivity index (χ1n) is 7.89. The molecule has 0 amide bonds. The number of H-pyrrole nitrogens is 1. The average molecular weight is 321 g/mol. The number of rotatable bonds is 4. The normalized spacial score (nSPS) is 14.9. The van der Waals surface area contributed by atoms with Gasteiger partial charge in [-0.15, -0.1) is 0 Å². The van der Waals surface area contributed by atoms with Gasteiger partial charge >= 0.3 is 0 Å². The number of hydrogen-bond donors (Lipinski definition) is 2. The van der Waals surface area contributed by atoms with Gasteiger partial charge in [0.15, 0.2) is 5.82 Å². The summed E-state index contributed by atoms with van der Waals surface area (Å²) >= 11 is 0. The zero-order chi connectivity index (χ0) is 16.7. The number of aromatic amines is 1. The van der Waals surface area contributed by atoms with Crippen molar-refractivity contribution in [2.24, 2.45) is 0 Å². The monoisotopic (exact) mass is 321 g/mol. The summed E-state index contributed by atoms with van der Waals surface area (Å²) in [6.07, 6.45) is 0. The summed E-state index contributed by atoms with van der Waals surface area (Å²) < 4.78 is 10.7. The van der Waals surface area contributed by atoms with Crippen molar-refractivity contribution >= 4 is 11.5 Å². The molecule has 122 valence electrons. The van der Waals surface area contributed by atoms with Crippen molar-refractivity contribution in [2.75, 3.05) is 19.5 Å². The largest absolute Gasteiger partial charge is 0.497 e. The van der Waals surface area contributed by atoms with Crippen LogP contribution in [0.5, 0.6) is 11.5 Å². The first kappa shape index (κ1) is 14.6. The Morgan fingerprint density at radius 1 is 1.08 bits per heavy atom. The van der Waals surface area contributed by atoms with E-state index >= 15 is 0 Å². The second-order valence-electron chi connectivity index (χ2n) is 5.86. The van der Waals surface area contributed by atoms with Crippen molar-refractivity contribution in [1.29, 1.82) is 0 Å². The predicted octanol–water partition coefficient (Wildman–Crippen LogP) is 4.30. The van der Waals surface area contributed by atoms with Crippen LogP contribution in [0.25, 0.3) is 11.3 Å². The number of methoxy groups -OCH3 is 2. The molecule has 3 aromatic rings. The molecule has 0 saturated heterocycles. The molecule has 0 spiro atoms. The lowest BCUT2D eigenvalue weighted by atomic mass is 10.00. The summed E-state index contributed by atoms with van der Waals surface area (Å²) in [6, 6.07) is 14.1. The second kappa shape index (κ2) is 5.60. The van der Waals surface area contributed by atoms with E-state index in [1.807, 2.05) is 18.2 Å². The molecule has 0 aliphatic heterocycles. The lowest BCUT2D eigenvalue weighted by molar-refractivity contribution is 0.395. The molecule has 0 radical (unpaired) electrons. The SMILES string of the molecule is COc1ccc(Nc2n[nH]c3c2C(C)c2ccccc2-3)c(OC)c1. The van der Waals surface area contributed by atoms with Gasteiger partial charge in [-0.2, -0.15) is 5.10 Å². The van der Waals surface area contributed by atoms with Gasteiger partial charge in [-0.3, -0.25) is 5.10 Å². The first-order chi connectivity index (χ1) is 11.7. The molecule has 1 aliphatic rings. The van der Waals surface area contributed by atoms with Crippen LogP contribution in [0.3, 0.4) is 0 Å².